The molecule has 0 aliphatic carbocycles. The van der Waals surface area contributed by atoms with Crippen molar-refractivity contribution in [2.45, 2.75) is 38.6 Å². The van der Waals surface area contributed by atoms with Crippen LogP contribution in [0, 0.1) is 0 Å². The van der Waals surface area contributed by atoms with E-state index in [2.05, 4.69) is 32.7 Å². The molecule has 0 spiro atoms. The number of fused-ring (bicyclic) bond motifs is 1. The van der Waals surface area contributed by atoms with Gasteiger partial charge in [-0.25, -0.2) is 0 Å². The Morgan fingerprint density at radius 3 is 2.73 bits per heavy atom. The van der Waals surface area contributed by atoms with Crippen LogP contribution in [0.25, 0.3) is 5.65 Å². The molecule has 0 aliphatic rings. The van der Waals surface area contributed by atoms with Crippen molar-refractivity contribution in [3.8, 4) is 5.88 Å². The highest BCUT2D eigenvalue weighted by atomic mass is 16.5. The van der Waals surface area contributed by atoms with Gasteiger partial charge in [0, 0.05) is 24.9 Å². The molecule has 7 nitrogen and oxygen atoms in total. The summed E-state index contributed by atoms with van der Waals surface area (Å²) in [4.78, 5) is 12.2. The Hall–Kier alpha value is -2.96. The lowest BCUT2D eigenvalue weighted by Crippen LogP contribution is -2.33. The first-order valence-corrected chi connectivity index (χ1v) is 8.74. The fourth-order valence-corrected chi connectivity index (χ4v) is 2.75. The number of ether oxygens (including phenoxy) is 1. The van der Waals surface area contributed by atoms with Crippen LogP contribution < -0.4 is 10.1 Å². The summed E-state index contributed by atoms with van der Waals surface area (Å²) < 4.78 is 6.74. The van der Waals surface area contributed by atoms with Gasteiger partial charge in [-0.15, -0.1) is 15.3 Å². The zero-order chi connectivity index (χ0) is 18.4. The van der Waals surface area contributed by atoms with Crippen LogP contribution in [-0.4, -0.2) is 38.9 Å². The van der Waals surface area contributed by atoms with Gasteiger partial charge in [0.15, 0.2) is 11.5 Å². The van der Waals surface area contributed by atoms with Crippen molar-refractivity contribution in [2.24, 2.45) is 0 Å². The van der Waals surface area contributed by atoms with Gasteiger partial charge in [0.25, 0.3) is 0 Å². The van der Waals surface area contributed by atoms with Gasteiger partial charge in [-0.1, -0.05) is 30.3 Å². The Kier molecular flexibility index (Phi) is 5.78. The minimum absolute atomic E-state index is 0.00482. The van der Waals surface area contributed by atoms with Crippen LogP contribution in [0.5, 0.6) is 5.88 Å². The Balaban J connectivity index is 1.49. The van der Waals surface area contributed by atoms with Crippen LogP contribution >= 0.6 is 0 Å². The lowest BCUT2D eigenvalue weighted by atomic mass is 10.1. The molecule has 0 radical (unpaired) electrons. The second-order valence-corrected chi connectivity index (χ2v) is 6.25. The van der Waals surface area contributed by atoms with Gasteiger partial charge in [-0.3, -0.25) is 4.79 Å². The van der Waals surface area contributed by atoms with Gasteiger partial charge in [0.1, 0.15) is 0 Å². The Morgan fingerprint density at radius 2 is 1.96 bits per heavy atom. The molecular formula is C19H23N5O2. The van der Waals surface area contributed by atoms with Crippen molar-refractivity contribution in [2.75, 3.05) is 7.11 Å². The van der Waals surface area contributed by atoms with Crippen LogP contribution in [0.3, 0.4) is 0 Å². The normalized spacial score (nSPS) is 12.1. The fraction of sp³-hybridized carbons (Fsp3) is 0.368. The average molecular weight is 353 g/mol. The van der Waals surface area contributed by atoms with E-state index in [1.54, 1.807) is 23.8 Å². The number of hydrogen-bond acceptors (Lipinski definition) is 5. The first kappa shape index (κ1) is 17.8. The van der Waals surface area contributed by atoms with Crippen molar-refractivity contribution < 1.29 is 9.53 Å². The number of hydrogen-bond donors (Lipinski definition) is 1. The van der Waals surface area contributed by atoms with Gasteiger partial charge < -0.3 is 10.1 Å². The van der Waals surface area contributed by atoms with E-state index >= 15 is 0 Å². The summed E-state index contributed by atoms with van der Waals surface area (Å²) in [6, 6.07) is 13.9. The quantitative estimate of drug-likeness (QED) is 0.671. The average Bonchev–Trinajstić information content (AvgIpc) is 3.07. The molecule has 26 heavy (non-hydrogen) atoms. The number of carbonyl (C=O) groups is 1. The van der Waals surface area contributed by atoms with E-state index in [1.165, 1.54) is 5.56 Å². The summed E-state index contributed by atoms with van der Waals surface area (Å²) in [7, 11) is 1.56. The summed E-state index contributed by atoms with van der Waals surface area (Å²) in [6.07, 6.45) is 2.66. The predicted octanol–water partition coefficient (Wildman–Crippen LogP) is 2.20. The number of carbonyl (C=O) groups excluding carboxylic acids is 1. The molecule has 136 valence electrons. The van der Waals surface area contributed by atoms with Crippen LogP contribution in [0.4, 0.5) is 0 Å². The highest BCUT2D eigenvalue weighted by molar-refractivity contribution is 5.76. The summed E-state index contributed by atoms with van der Waals surface area (Å²) in [6.45, 7) is 2.03. The third kappa shape index (κ3) is 4.56. The number of methoxy groups -OCH3 is 1. The largest absolute Gasteiger partial charge is 0.480 e. The second kappa shape index (κ2) is 8.42. The van der Waals surface area contributed by atoms with Gasteiger partial charge >= 0.3 is 0 Å². The molecule has 1 N–H and O–H groups in total. The zero-order valence-corrected chi connectivity index (χ0v) is 15.1. The van der Waals surface area contributed by atoms with Gasteiger partial charge in [-0.05, 0) is 31.4 Å². The van der Waals surface area contributed by atoms with E-state index in [0.29, 0.717) is 30.2 Å². The molecule has 0 fully saturated rings. The van der Waals surface area contributed by atoms with Crippen LogP contribution in [-0.2, 0) is 17.6 Å². The Bertz CT molecular complexity index is 863. The number of nitrogens with one attached hydrogen (secondary N) is 1. The minimum Gasteiger partial charge on any atom is -0.480 e. The molecule has 3 rings (SSSR count). The molecule has 7 heteroatoms. The Morgan fingerprint density at radius 1 is 1.15 bits per heavy atom. The summed E-state index contributed by atoms with van der Waals surface area (Å²) in [5, 5.41) is 15.5. The summed E-state index contributed by atoms with van der Waals surface area (Å²) in [5.41, 5.74) is 1.92. The number of aromatic nitrogens is 4. The Labute approximate surface area is 152 Å². The number of amides is 1. The van der Waals surface area contributed by atoms with Crippen LogP contribution in [0.15, 0.2) is 42.5 Å². The van der Waals surface area contributed by atoms with E-state index in [4.69, 9.17) is 4.74 Å². The third-order valence-electron chi connectivity index (χ3n) is 4.20. The highest BCUT2D eigenvalue weighted by Gasteiger charge is 2.12. The molecule has 0 aliphatic heterocycles. The number of rotatable bonds is 8. The lowest BCUT2D eigenvalue weighted by molar-refractivity contribution is -0.121. The molecule has 0 saturated heterocycles. The third-order valence-corrected chi connectivity index (χ3v) is 4.20. The summed E-state index contributed by atoms with van der Waals surface area (Å²) in [5.74, 6) is 1.13. The molecular weight excluding hydrogens is 330 g/mol. The van der Waals surface area contributed by atoms with E-state index < -0.39 is 0 Å². The van der Waals surface area contributed by atoms with E-state index in [9.17, 15) is 4.79 Å². The first-order chi connectivity index (χ1) is 12.7. The van der Waals surface area contributed by atoms with E-state index in [1.807, 2.05) is 25.1 Å². The minimum atomic E-state index is 0.00482. The molecule has 1 amide bonds. The standard InChI is InChI=1S/C19H23N5O2/c1-14(8-9-15-6-4-3-5-7-15)20-18(25)12-10-16-21-22-17-11-13-19(26-2)23-24(16)17/h3-7,11,13-14H,8-10,12H2,1-2H3,(H,20,25). The van der Waals surface area contributed by atoms with Gasteiger partial charge in [0.2, 0.25) is 11.8 Å². The van der Waals surface area contributed by atoms with Crippen molar-refractivity contribution >= 4 is 11.6 Å². The molecule has 1 unspecified atom stereocenters. The molecule has 2 heterocycles. The number of benzene rings is 1. The SMILES string of the molecule is COc1ccc2nnc(CCC(=O)NC(C)CCc3ccccc3)n2n1. The number of nitrogens with zero attached hydrogens (tertiary/aromatic N) is 4. The first-order valence-electron chi connectivity index (χ1n) is 8.74. The fourth-order valence-electron chi connectivity index (χ4n) is 2.75. The van der Waals surface area contributed by atoms with Gasteiger partial charge in [-0.2, -0.15) is 4.52 Å². The van der Waals surface area contributed by atoms with E-state index in [-0.39, 0.29) is 11.9 Å². The van der Waals surface area contributed by atoms with Crippen molar-refractivity contribution in [3.63, 3.8) is 0 Å². The van der Waals surface area contributed by atoms with Crippen molar-refractivity contribution in [3.05, 3.63) is 53.9 Å². The second-order valence-electron chi connectivity index (χ2n) is 6.25. The summed E-state index contributed by atoms with van der Waals surface area (Å²) >= 11 is 0. The topological polar surface area (TPSA) is 81.4 Å². The monoisotopic (exact) mass is 353 g/mol. The van der Waals surface area contributed by atoms with Crippen LogP contribution in [0.1, 0.15) is 31.2 Å². The maximum atomic E-state index is 12.2. The molecule has 0 bridgehead atoms. The van der Waals surface area contributed by atoms with E-state index in [0.717, 1.165) is 12.8 Å². The van der Waals surface area contributed by atoms with Crippen LogP contribution in [0.2, 0.25) is 0 Å². The van der Waals surface area contributed by atoms with Crippen molar-refractivity contribution in [1.29, 1.82) is 0 Å². The molecule has 1 aromatic carbocycles. The smallest absolute Gasteiger partial charge is 0.231 e. The van der Waals surface area contributed by atoms with Crippen molar-refractivity contribution in [1.82, 2.24) is 25.1 Å². The zero-order valence-electron chi connectivity index (χ0n) is 15.1. The lowest BCUT2D eigenvalue weighted by Gasteiger charge is -2.13. The molecule has 1 atom stereocenters. The molecule has 3 aromatic rings. The number of aryl methyl sites for hydroxylation is 2. The predicted molar refractivity (Wildman–Crippen MR) is 98.0 cm³/mol. The van der Waals surface area contributed by atoms with Gasteiger partial charge in [0.05, 0.1) is 7.11 Å². The maximum absolute atomic E-state index is 12.2. The molecule has 2 aromatic heterocycles. The molecule has 0 saturated carbocycles. The highest BCUT2D eigenvalue weighted by Crippen LogP contribution is 2.10. The maximum Gasteiger partial charge on any atom is 0.231 e.